The summed E-state index contributed by atoms with van der Waals surface area (Å²) in [4.78, 5) is 12.2. The van der Waals surface area contributed by atoms with Gasteiger partial charge in [-0.1, -0.05) is 0 Å². The molecular formula is C16H14N8O. The molecule has 0 aliphatic carbocycles. The number of aromatic amines is 2. The number of rotatable bonds is 4. The smallest absolute Gasteiger partial charge is 0.250 e. The predicted octanol–water partition coefficient (Wildman–Crippen LogP) is 2.18. The van der Waals surface area contributed by atoms with Crippen LogP contribution < -0.4 is 10.6 Å². The molecule has 9 nitrogen and oxygen atoms in total. The highest BCUT2D eigenvalue weighted by molar-refractivity contribution is 6.01. The lowest BCUT2D eigenvalue weighted by Gasteiger charge is -2.07. The van der Waals surface area contributed by atoms with E-state index in [2.05, 4.69) is 41.5 Å². The van der Waals surface area contributed by atoms with E-state index in [-0.39, 0.29) is 5.91 Å². The van der Waals surface area contributed by atoms with Crippen LogP contribution in [0.25, 0.3) is 22.1 Å². The number of allylic oxidation sites excluding steroid dienone is 1. The van der Waals surface area contributed by atoms with Crippen molar-refractivity contribution in [2.24, 2.45) is 0 Å². The Morgan fingerprint density at radius 2 is 1.36 bits per heavy atom. The van der Waals surface area contributed by atoms with Crippen molar-refractivity contribution < 1.29 is 4.79 Å². The lowest BCUT2D eigenvalue weighted by Crippen LogP contribution is -2.10. The summed E-state index contributed by atoms with van der Waals surface area (Å²) in [5.74, 6) is -0.240. The Labute approximate surface area is 141 Å². The van der Waals surface area contributed by atoms with Crippen LogP contribution in [0.5, 0.6) is 0 Å². The summed E-state index contributed by atoms with van der Waals surface area (Å²) in [6.07, 6.45) is 1.49. The fourth-order valence-corrected chi connectivity index (χ4v) is 2.47. The third-order valence-electron chi connectivity index (χ3n) is 3.59. The summed E-state index contributed by atoms with van der Waals surface area (Å²) in [5, 5.41) is 27.1. The summed E-state index contributed by atoms with van der Waals surface area (Å²) < 4.78 is 0. The standard InChI is InChI=1S/C16H14N8O/c1-9(17-10-2-4-12-14(7-10)21-23-19-12)6-16(25)18-11-3-5-13-15(8-11)22-24-20-13/h2-8,17H,1H3,(H,18,25)(H,19,21,23)(H,20,22,24)/b9-6+. The number of nitrogens with one attached hydrogen (secondary N) is 4. The molecule has 0 saturated heterocycles. The van der Waals surface area contributed by atoms with Gasteiger partial charge in [0.2, 0.25) is 5.91 Å². The van der Waals surface area contributed by atoms with Crippen molar-refractivity contribution in [1.29, 1.82) is 0 Å². The first-order valence-electron chi connectivity index (χ1n) is 7.55. The number of anilines is 2. The van der Waals surface area contributed by atoms with Gasteiger partial charge in [-0.05, 0) is 43.3 Å². The average molecular weight is 334 g/mol. The summed E-state index contributed by atoms with van der Waals surface area (Å²) in [6.45, 7) is 1.81. The maximum Gasteiger partial charge on any atom is 0.250 e. The second-order valence-corrected chi connectivity index (χ2v) is 5.50. The number of amides is 1. The molecular weight excluding hydrogens is 320 g/mol. The molecule has 0 saturated carbocycles. The van der Waals surface area contributed by atoms with E-state index < -0.39 is 0 Å². The number of benzene rings is 2. The van der Waals surface area contributed by atoms with Crippen LogP contribution in [0.4, 0.5) is 11.4 Å². The van der Waals surface area contributed by atoms with E-state index >= 15 is 0 Å². The molecule has 4 N–H and O–H groups in total. The van der Waals surface area contributed by atoms with Crippen molar-refractivity contribution >= 4 is 39.3 Å². The number of fused-ring (bicyclic) bond motifs is 2. The van der Waals surface area contributed by atoms with Gasteiger partial charge >= 0.3 is 0 Å². The van der Waals surface area contributed by atoms with E-state index in [9.17, 15) is 4.79 Å². The molecule has 25 heavy (non-hydrogen) atoms. The van der Waals surface area contributed by atoms with Crippen molar-refractivity contribution in [3.8, 4) is 0 Å². The highest BCUT2D eigenvalue weighted by atomic mass is 16.1. The van der Waals surface area contributed by atoms with Crippen LogP contribution in [0.15, 0.2) is 48.2 Å². The fraction of sp³-hybridized carbons (Fsp3) is 0.0625. The molecule has 0 atom stereocenters. The molecule has 0 aliphatic rings. The lowest BCUT2D eigenvalue weighted by molar-refractivity contribution is -0.111. The third kappa shape index (κ3) is 3.15. The Kier molecular flexibility index (Phi) is 3.58. The quantitative estimate of drug-likeness (QED) is 0.424. The van der Waals surface area contributed by atoms with E-state index in [0.29, 0.717) is 16.9 Å². The van der Waals surface area contributed by atoms with E-state index in [1.807, 2.05) is 25.1 Å². The highest BCUT2D eigenvalue weighted by Gasteiger charge is 2.04. The predicted molar refractivity (Wildman–Crippen MR) is 93.8 cm³/mol. The van der Waals surface area contributed by atoms with Gasteiger partial charge in [-0.2, -0.15) is 30.8 Å². The number of carbonyl (C=O) groups excluding carboxylic acids is 1. The molecule has 124 valence electrons. The molecule has 4 rings (SSSR count). The molecule has 9 heteroatoms. The van der Waals surface area contributed by atoms with Crippen LogP contribution in [-0.2, 0) is 4.79 Å². The Balaban J connectivity index is 1.45. The van der Waals surface area contributed by atoms with Crippen molar-refractivity contribution in [3.05, 3.63) is 48.2 Å². The minimum absolute atomic E-state index is 0.240. The van der Waals surface area contributed by atoms with Crippen molar-refractivity contribution in [2.75, 3.05) is 10.6 Å². The summed E-state index contributed by atoms with van der Waals surface area (Å²) >= 11 is 0. The largest absolute Gasteiger partial charge is 0.359 e. The molecule has 0 radical (unpaired) electrons. The number of hydrogen-bond donors (Lipinski definition) is 4. The van der Waals surface area contributed by atoms with Gasteiger partial charge in [0, 0.05) is 23.1 Å². The van der Waals surface area contributed by atoms with Gasteiger partial charge in [0.25, 0.3) is 0 Å². The first-order valence-corrected chi connectivity index (χ1v) is 7.55. The van der Waals surface area contributed by atoms with Gasteiger partial charge < -0.3 is 10.6 Å². The zero-order valence-electron chi connectivity index (χ0n) is 13.2. The summed E-state index contributed by atoms with van der Waals surface area (Å²) in [5.41, 5.74) is 5.15. The van der Waals surface area contributed by atoms with Gasteiger partial charge in [0.1, 0.15) is 22.1 Å². The molecule has 2 aromatic carbocycles. The van der Waals surface area contributed by atoms with Gasteiger partial charge in [-0.3, -0.25) is 4.79 Å². The first kappa shape index (κ1) is 14.8. The van der Waals surface area contributed by atoms with Crippen LogP contribution >= 0.6 is 0 Å². The van der Waals surface area contributed by atoms with E-state index in [0.717, 1.165) is 22.2 Å². The van der Waals surface area contributed by atoms with Gasteiger partial charge in [0.15, 0.2) is 0 Å². The van der Waals surface area contributed by atoms with Gasteiger partial charge in [0.05, 0.1) is 0 Å². The minimum Gasteiger partial charge on any atom is -0.359 e. The highest BCUT2D eigenvalue weighted by Crippen LogP contribution is 2.17. The monoisotopic (exact) mass is 334 g/mol. The number of nitrogens with zero attached hydrogens (tertiary/aromatic N) is 4. The Morgan fingerprint density at radius 3 is 1.96 bits per heavy atom. The Bertz CT molecular complexity index is 1090. The van der Waals surface area contributed by atoms with Crippen LogP contribution in [0.1, 0.15) is 6.92 Å². The molecule has 4 aromatic rings. The first-order chi connectivity index (χ1) is 12.2. The molecule has 0 bridgehead atoms. The van der Waals surface area contributed by atoms with E-state index in [1.54, 1.807) is 18.2 Å². The SMILES string of the molecule is C/C(=C\C(=O)Nc1ccc2n[nH]nc2c1)Nc1ccc2n[nH]nc2c1. The number of aromatic nitrogens is 6. The topological polar surface area (TPSA) is 124 Å². The minimum atomic E-state index is -0.240. The van der Waals surface area contributed by atoms with Crippen LogP contribution in [0, 0.1) is 0 Å². The van der Waals surface area contributed by atoms with Gasteiger partial charge in [-0.15, -0.1) is 0 Å². The average Bonchev–Trinajstić information content (AvgIpc) is 3.22. The number of carbonyl (C=O) groups is 1. The van der Waals surface area contributed by atoms with Gasteiger partial charge in [-0.25, -0.2) is 0 Å². The number of H-pyrrole nitrogens is 2. The third-order valence-corrected chi connectivity index (χ3v) is 3.59. The zero-order chi connectivity index (χ0) is 17.2. The normalized spacial score (nSPS) is 11.8. The second-order valence-electron chi connectivity index (χ2n) is 5.50. The van der Waals surface area contributed by atoms with Crippen molar-refractivity contribution in [3.63, 3.8) is 0 Å². The number of hydrogen-bond acceptors (Lipinski definition) is 6. The molecule has 2 aromatic heterocycles. The zero-order valence-corrected chi connectivity index (χ0v) is 13.2. The second kappa shape index (κ2) is 6.04. The maximum atomic E-state index is 12.2. The molecule has 0 spiro atoms. The molecule has 2 heterocycles. The molecule has 0 fully saturated rings. The van der Waals surface area contributed by atoms with E-state index in [1.165, 1.54) is 6.08 Å². The molecule has 0 aliphatic heterocycles. The fourth-order valence-electron chi connectivity index (χ4n) is 2.47. The molecule has 0 unspecified atom stereocenters. The Hall–Kier alpha value is -3.75. The Morgan fingerprint density at radius 1 is 0.840 bits per heavy atom. The van der Waals surface area contributed by atoms with Crippen LogP contribution in [-0.4, -0.2) is 36.7 Å². The van der Waals surface area contributed by atoms with Crippen LogP contribution in [0.3, 0.4) is 0 Å². The van der Waals surface area contributed by atoms with Crippen LogP contribution in [0.2, 0.25) is 0 Å². The maximum absolute atomic E-state index is 12.2. The summed E-state index contributed by atoms with van der Waals surface area (Å²) in [6, 6.07) is 10.9. The molecule has 1 amide bonds. The van der Waals surface area contributed by atoms with Crippen molar-refractivity contribution in [2.45, 2.75) is 6.92 Å². The summed E-state index contributed by atoms with van der Waals surface area (Å²) in [7, 11) is 0. The van der Waals surface area contributed by atoms with E-state index in [4.69, 9.17) is 0 Å². The lowest BCUT2D eigenvalue weighted by atomic mass is 10.2. The van der Waals surface area contributed by atoms with Crippen molar-refractivity contribution in [1.82, 2.24) is 30.8 Å².